The van der Waals surface area contributed by atoms with E-state index < -0.39 is 6.10 Å². The van der Waals surface area contributed by atoms with Crippen molar-refractivity contribution in [3.63, 3.8) is 0 Å². The van der Waals surface area contributed by atoms with Gasteiger partial charge in [-0.25, -0.2) is 0 Å². The Morgan fingerprint density at radius 3 is 1.13 bits per heavy atom. The quantitative estimate of drug-likeness (QED) is 0.0346. The number of ether oxygens (including phenoxy) is 3. The van der Waals surface area contributed by atoms with Crippen LogP contribution in [0, 0.1) is 0 Å². The Balaban J connectivity index is 4.32. The number of hydrogen-bond donors (Lipinski definition) is 0. The molecule has 0 amide bonds. The van der Waals surface area contributed by atoms with Crippen LogP contribution in [0.1, 0.15) is 265 Å². The van der Waals surface area contributed by atoms with Gasteiger partial charge in [0, 0.05) is 19.4 Å². The fraction of sp³-hybridized carbons (Fsp3) is 0.789. The van der Waals surface area contributed by atoms with E-state index in [2.05, 4.69) is 81.5 Å². The Bertz CT molecular complexity index is 1070. The first kappa shape index (κ1) is 59.6. The third-order valence-corrected chi connectivity index (χ3v) is 11.6. The number of hydrogen-bond acceptors (Lipinski definition) is 5. The molecule has 0 aromatic rings. The minimum atomic E-state index is -0.555. The van der Waals surface area contributed by atoms with Crippen LogP contribution in [0.3, 0.4) is 0 Å². The topological polar surface area (TPSA) is 61.8 Å². The Morgan fingerprint density at radius 1 is 0.371 bits per heavy atom. The molecule has 1 unspecified atom stereocenters. The van der Waals surface area contributed by atoms with E-state index >= 15 is 0 Å². The molecule has 360 valence electrons. The smallest absolute Gasteiger partial charge is 0.306 e. The average molecular weight is 867 g/mol. The van der Waals surface area contributed by atoms with E-state index in [9.17, 15) is 9.59 Å². The van der Waals surface area contributed by atoms with Gasteiger partial charge < -0.3 is 14.2 Å². The molecule has 0 bridgehead atoms. The highest BCUT2D eigenvalue weighted by atomic mass is 16.6. The van der Waals surface area contributed by atoms with Gasteiger partial charge in [0.25, 0.3) is 0 Å². The molecule has 0 saturated carbocycles. The molecular formula is C57H102O5. The largest absolute Gasteiger partial charge is 0.462 e. The van der Waals surface area contributed by atoms with Crippen molar-refractivity contribution in [3.8, 4) is 0 Å². The second-order valence-corrected chi connectivity index (χ2v) is 17.8. The van der Waals surface area contributed by atoms with Gasteiger partial charge in [-0.2, -0.15) is 0 Å². The van der Waals surface area contributed by atoms with Crippen LogP contribution < -0.4 is 0 Å². The van der Waals surface area contributed by atoms with Gasteiger partial charge in [0.15, 0.2) is 6.10 Å². The van der Waals surface area contributed by atoms with Crippen molar-refractivity contribution >= 4 is 11.9 Å². The van der Waals surface area contributed by atoms with E-state index in [1.54, 1.807) is 0 Å². The summed E-state index contributed by atoms with van der Waals surface area (Å²) in [6.45, 7) is 7.65. The Labute approximate surface area is 385 Å². The number of carbonyl (C=O) groups excluding carboxylic acids is 2. The van der Waals surface area contributed by atoms with Crippen molar-refractivity contribution < 1.29 is 23.8 Å². The van der Waals surface area contributed by atoms with Crippen LogP contribution in [0.15, 0.2) is 60.8 Å². The monoisotopic (exact) mass is 867 g/mol. The SMILES string of the molecule is CC/C=C\C/C=C\C/C=C\C/C=C\C/C=C\CCCCOCC(COC(=O)CCCCCCCCCCCCCCCCC)OC(=O)CCCCCCCCCCCCCCC. The van der Waals surface area contributed by atoms with Crippen molar-refractivity contribution in [2.24, 2.45) is 0 Å². The highest BCUT2D eigenvalue weighted by molar-refractivity contribution is 5.70. The van der Waals surface area contributed by atoms with E-state index in [4.69, 9.17) is 14.2 Å². The van der Waals surface area contributed by atoms with Crippen molar-refractivity contribution in [1.29, 1.82) is 0 Å². The normalized spacial score (nSPS) is 12.6. The molecule has 0 saturated heterocycles. The molecule has 1 atom stereocenters. The fourth-order valence-electron chi connectivity index (χ4n) is 7.60. The first-order valence-corrected chi connectivity index (χ1v) is 26.8. The Morgan fingerprint density at radius 2 is 0.726 bits per heavy atom. The van der Waals surface area contributed by atoms with Gasteiger partial charge in [0.2, 0.25) is 0 Å². The summed E-state index contributed by atoms with van der Waals surface area (Å²) in [5.74, 6) is -0.409. The molecule has 0 aromatic heterocycles. The molecule has 0 fully saturated rings. The molecule has 0 spiro atoms. The van der Waals surface area contributed by atoms with Gasteiger partial charge in [-0.05, 0) is 64.2 Å². The first-order valence-electron chi connectivity index (χ1n) is 26.8. The van der Waals surface area contributed by atoms with Gasteiger partial charge >= 0.3 is 11.9 Å². The van der Waals surface area contributed by atoms with Gasteiger partial charge in [0.05, 0.1) is 6.61 Å². The van der Waals surface area contributed by atoms with E-state index in [0.29, 0.717) is 19.4 Å². The van der Waals surface area contributed by atoms with Crippen molar-refractivity contribution in [2.45, 2.75) is 271 Å². The maximum Gasteiger partial charge on any atom is 0.306 e. The molecule has 0 aromatic carbocycles. The van der Waals surface area contributed by atoms with E-state index in [1.807, 2.05) is 0 Å². The molecule has 0 radical (unpaired) electrons. The number of allylic oxidation sites excluding steroid dienone is 10. The molecule has 0 aliphatic carbocycles. The molecule has 0 heterocycles. The summed E-state index contributed by atoms with van der Waals surface area (Å²) in [7, 11) is 0. The molecule has 0 aliphatic rings. The standard InChI is InChI=1S/C57H102O5/c1-4-7-10-13-16-19-22-25-27-28-29-31-34-37-40-43-46-49-52-60-53-55(62-57(59)51-48-45-42-39-36-32-24-21-18-15-12-9-6-3)54-61-56(58)50-47-44-41-38-35-33-30-26-23-20-17-14-11-8-5-2/h7,10,16,19,25,27,29,31,37,40,55H,4-6,8-9,11-15,17-18,20-24,26,28,30,32-36,38-39,41-54H2,1-3H3/b10-7-,19-16-,27-25-,31-29-,40-37-. The van der Waals surface area contributed by atoms with Crippen molar-refractivity contribution in [3.05, 3.63) is 60.8 Å². The predicted octanol–water partition coefficient (Wildman–Crippen LogP) is 18.1. The van der Waals surface area contributed by atoms with Crippen LogP contribution >= 0.6 is 0 Å². The lowest BCUT2D eigenvalue weighted by Gasteiger charge is -2.18. The summed E-state index contributed by atoms with van der Waals surface area (Å²) in [6.07, 6.45) is 66.6. The number of unbranched alkanes of at least 4 members (excludes halogenated alkanes) is 28. The Hall–Kier alpha value is -2.40. The summed E-state index contributed by atoms with van der Waals surface area (Å²) < 4.78 is 17.4. The molecule has 62 heavy (non-hydrogen) atoms. The van der Waals surface area contributed by atoms with Gasteiger partial charge in [-0.1, -0.05) is 248 Å². The van der Waals surface area contributed by atoms with E-state index in [-0.39, 0.29) is 25.2 Å². The third-order valence-electron chi connectivity index (χ3n) is 11.6. The highest BCUT2D eigenvalue weighted by Gasteiger charge is 2.17. The third kappa shape index (κ3) is 50.2. The summed E-state index contributed by atoms with van der Waals surface area (Å²) >= 11 is 0. The molecular weight excluding hydrogens is 765 g/mol. The second-order valence-electron chi connectivity index (χ2n) is 17.8. The van der Waals surface area contributed by atoms with E-state index in [0.717, 1.165) is 77.0 Å². The number of esters is 2. The van der Waals surface area contributed by atoms with Crippen LogP contribution in [0.2, 0.25) is 0 Å². The lowest BCUT2D eigenvalue weighted by atomic mass is 10.0. The number of carbonyl (C=O) groups is 2. The summed E-state index contributed by atoms with van der Waals surface area (Å²) in [5, 5.41) is 0. The van der Waals surface area contributed by atoms with Gasteiger partial charge in [-0.3, -0.25) is 9.59 Å². The van der Waals surface area contributed by atoms with Gasteiger partial charge in [-0.15, -0.1) is 0 Å². The lowest BCUT2D eigenvalue weighted by Crippen LogP contribution is -2.30. The lowest BCUT2D eigenvalue weighted by molar-refractivity contribution is -0.163. The molecule has 0 rings (SSSR count). The minimum Gasteiger partial charge on any atom is -0.462 e. The zero-order valence-corrected chi connectivity index (χ0v) is 41.4. The average Bonchev–Trinajstić information content (AvgIpc) is 3.27. The number of rotatable bonds is 49. The van der Waals surface area contributed by atoms with E-state index in [1.165, 1.54) is 154 Å². The summed E-state index contributed by atoms with van der Waals surface area (Å²) in [4.78, 5) is 25.4. The summed E-state index contributed by atoms with van der Waals surface area (Å²) in [5.41, 5.74) is 0. The van der Waals surface area contributed by atoms with Crippen LogP contribution in [-0.4, -0.2) is 37.9 Å². The van der Waals surface area contributed by atoms with Crippen LogP contribution in [0.25, 0.3) is 0 Å². The molecule has 0 N–H and O–H groups in total. The maximum atomic E-state index is 12.8. The predicted molar refractivity (Wildman–Crippen MR) is 270 cm³/mol. The van der Waals surface area contributed by atoms with Crippen molar-refractivity contribution in [1.82, 2.24) is 0 Å². The maximum absolute atomic E-state index is 12.8. The molecule has 0 aliphatic heterocycles. The second kappa shape index (κ2) is 52.9. The first-order chi connectivity index (χ1) is 30.6. The molecule has 5 nitrogen and oxygen atoms in total. The van der Waals surface area contributed by atoms with Crippen LogP contribution in [-0.2, 0) is 23.8 Å². The Kier molecular flexibility index (Phi) is 50.9. The fourth-order valence-corrected chi connectivity index (χ4v) is 7.60. The van der Waals surface area contributed by atoms with Crippen LogP contribution in [0.5, 0.6) is 0 Å². The van der Waals surface area contributed by atoms with Crippen molar-refractivity contribution in [2.75, 3.05) is 19.8 Å². The molecule has 5 heteroatoms. The van der Waals surface area contributed by atoms with Gasteiger partial charge in [0.1, 0.15) is 6.61 Å². The minimum absolute atomic E-state index is 0.0714. The zero-order chi connectivity index (χ0) is 44.9. The highest BCUT2D eigenvalue weighted by Crippen LogP contribution is 2.16. The van der Waals surface area contributed by atoms with Crippen LogP contribution in [0.4, 0.5) is 0 Å². The zero-order valence-electron chi connectivity index (χ0n) is 41.4. The summed E-state index contributed by atoms with van der Waals surface area (Å²) in [6, 6.07) is 0.